The van der Waals surface area contributed by atoms with Crippen molar-refractivity contribution in [3.05, 3.63) is 28.7 Å². The molecule has 0 aliphatic carbocycles. The van der Waals surface area contributed by atoms with Gasteiger partial charge in [-0.15, -0.1) is 0 Å². The van der Waals surface area contributed by atoms with Crippen LogP contribution < -0.4 is 10.1 Å². The zero-order valence-electron chi connectivity index (χ0n) is 11.6. The molecule has 1 heterocycles. The van der Waals surface area contributed by atoms with Gasteiger partial charge in [0.25, 0.3) is 0 Å². The largest absolute Gasteiger partial charge is 0.492 e. The zero-order valence-corrected chi connectivity index (χ0v) is 13.2. The second-order valence-corrected chi connectivity index (χ2v) is 5.86. The van der Waals surface area contributed by atoms with Crippen LogP contribution in [0.5, 0.6) is 5.75 Å². The third-order valence-corrected chi connectivity index (χ3v) is 4.07. The van der Waals surface area contributed by atoms with E-state index in [4.69, 9.17) is 4.74 Å². The first kappa shape index (κ1) is 14.8. The predicted octanol–water partition coefficient (Wildman–Crippen LogP) is 2.90. The van der Waals surface area contributed by atoms with E-state index in [1.165, 1.54) is 19.4 Å². The van der Waals surface area contributed by atoms with E-state index in [2.05, 4.69) is 33.1 Å². The van der Waals surface area contributed by atoms with E-state index in [9.17, 15) is 0 Å². The van der Waals surface area contributed by atoms with Crippen LogP contribution in [0.3, 0.4) is 0 Å². The SMILES string of the molecule is CCNCC1CCCN1CCOc1cccc(Br)c1. The number of nitrogens with zero attached hydrogens (tertiary/aromatic N) is 1. The molecule has 4 heteroatoms. The molecule has 0 spiro atoms. The Morgan fingerprint density at radius 2 is 2.37 bits per heavy atom. The summed E-state index contributed by atoms with van der Waals surface area (Å²) in [7, 11) is 0. The standard InChI is InChI=1S/C15H23BrN2O/c1-2-17-12-14-6-4-8-18(14)9-10-19-15-7-3-5-13(16)11-15/h3,5,7,11,14,17H,2,4,6,8-10,12H2,1H3. The van der Waals surface area contributed by atoms with Gasteiger partial charge in [-0.2, -0.15) is 0 Å². The molecule has 0 radical (unpaired) electrons. The Morgan fingerprint density at radius 3 is 3.16 bits per heavy atom. The second-order valence-electron chi connectivity index (χ2n) is 4.95. The molecule has 106 valence electrons. The van der Waals surface area contributed by atoms with Crippen molar-refractivity contribution in [1.29, 1.82) is 0 Å². The highest BCUT2D eigenvalue weighted by molar-refractivity contribution is 9.10. The van der Waals surface area contributed by atoms with Gasteiger partial charge in [0.15, 0.2) is 0 Å². The highest BCUT2D eigenvalue weighted by atomic mass is 79.9. The van der Waals surface area contributed by atoms with Crippen molar-refractivity contribution < 1.29 is 4.74 Å². The summed E-state index contributed by atoms with van der Waals surface area (Å²) in [5.74, 6) is 0.941. The first-order valence-electron chi connectivity index (χ1n) is 7.12. The van der Waals surface area contributed by atoms with Crippen LogP contribution in [0.1, 0.15) is 19.8 Å². The maximum atomic E-state index is 5.81. The molecule has 0 amide bonds. The second kappa shape index (κ2) is 7.88. The van der Waals surface area contributed by atoms with Crippen LogP contribution >= 0.6 is 15.9 Å². The minimum Gasteiger partial charge on any atom is -0.492 e. The zero-order chi connectivity index (χ0) is 13.5. The molecule has 3 nitrogen and oxygen atoms in total. The molecule has 1 atom stereocenters. The molecule has 2 rings (SSSR count). The van der Waals surface area contributed by atoms with Crippen LogP contribution in [0, 0.1) is 0 Å². The van der Waals surface area contributed by atoms with Crippen LogP contribution in [0.2, 0.25) is 0 Å². The molecule has 1 N–H and O–H groups in total. The Hall–Kier alpha value is -0.580. The summed E-state index contributed by atoms with van der Waals surface area (Å²) in [5, 5.41) is 3.45. The Bertz CT molecular complexity index is 386. The molecule has 1 fully saturated rings. The summed E-state index contributed by atoms with van der Waals surface area (Å²) in [6.45, 7) is 7.31. The van der Waals surface area contributed by atoms with Crippen LogP contribution in [0.25, 0.3) is 0 Å². The Kier molecular flexibility index (Phi) is 6.14. The average molecular weight is 327 g/mol. The van der Waals surface area contributed by atoms with Crippen LogP contribution in [0.4, 0.5) is 0 Å². The van der Waals surface area contributed by atoms with Crippen molar-refractivity contribution in [2.45, 2.75) is 25.8 Å². The number of hydrogen-bond acceptors (Lipinski definition) is 3. The summed E-state index contributed by atoms with van der Waals surface area (Å²) in [5.41, 5.74) is 0. The predicted molar refractivity (Wildman–Crippen MR) is 82.8 cm³/mol. The van der Waals surface area contributed by atoms with Crippen molar-refractivity contribution in [2.24, 2.45) is 0 Å². The molecule has 1 aliphatic heterocycles. The van der Waals surface area contributed by atoms with Crippen molar-refractivity contribution in [3.63, 3.8) is 0 Å². The fraction of sp³-hybridized carbons (Fsp3) is 0.600. The minimum absolute atomic E-state index is 0.686. The molecule has 1 aromatic rings. The molecule has 0 saturated carbocycles. The van der Waals surface area contributed by atoms with Gasteiger partial charge in [-0.1, -0.05) is 28.9 Å². The lowest BCUT2D eigenvalue weighted by Gasteiger charge is -2.24. The lowest BCUT2D eigenvalue weighted by molar-refractivity contribution is 0.194. The molecular weight excluding hydrogens is 304 g/mol. The number of benzene rings is 1. The van der Waals surface area contributed by atoms with E-state index in [1.54, 1.807) is 0 Å². The maximum Gasteiger partial charge on any atom is 0.120 e. The van der Waals surface area contributed by atoms with E-state index in [0.29, 0.717) is 6.04 Å². The third-order valence-electron chi connectivity index (χ3n) is 3.57. The van der Waals surface area contributed by atoms with Gasteiger partial charge in [0.2, 0.25) is 0 Å². The smallest absolute Gasteiger partial charge is 0.120 e. The fourth-order valence-corrected chi connectivity index (χ4v) is 2.95. The summed E-state index contributed by atoms with van der Waals surface area (Å²) in [4.78, 5) is 2.54. The number of likely N-dealkylation sites (tertiary alicyclic amines) is 1. The molecule has 1 aromatic carbocycles. The molecule has 1 saturated heterocycles. The van der Waals surface area contributed by atoms with Gasteiger partial charge in [0, 0.05) is 23.6 Å². The molecule has 19 heavy (non-hydrogen) atoms. The summed E-state index contributed by atoms with van der Waals surface area (Å²) >= 11 is 3.46. The summed E-state index contributed by atoms with van der Waals surface area (Å²) < 4.78 is 6.88. The Balaban J connectivity index is 1.72. The van der Waals surface area contributed by atoms with Gasteiger partial charge < -0.3 is 10.1 Å². The minimum atomic E-state index is 0.686. The van der Waals surface area contributed by atoms with E-state index < -0.39 is 0 Å². The summed E-state index contributed by atoms with van der Waals surface area (Å²) in [6.07, 6.45) is 2.62. The first-order chi connectivity index (χ1) is 9.29. The van der Waals surface area contributed by atoms with Gasteiger partial charge in [-0.3, -0.25) is 4.90 Å². The molecule has 1 unspecified atom stereocenters. The van der Waals surface area contributed by atoms with Gasteiger partial charge in [-0.25, -0.2) is 0 Å². The number of likely N-dealkylation sites (N-methyl/N-ethyl adjacent to an activating group) is 1. The lowest BCUT2D eigenvalue weighted by Crippen LogP contribution is -2.39. The maximum absolute atomic E-state index is 5.81. The van der Waals surface area contributed by atoms with Gasteiger partial charge in [0.1, 0.15) is 12.4 Å². The highest BCUT2D eigenvalue weighted by Gasteiger charge is 2.23. The average Bonchev–Trinajstić information content (AvgIpc) is 2.84. The van der Waals surface area contributed by atoms with Crippen LogP contribution in [-0.2, 0) is 0 Å². The van der Waals surface area contributed by atoms with Crippen molar-refractivity contribution in [2.75, 3.05) is 32.8 Å². The molecular formula is C15H23BrN2O. The number of halogens is 1. The number of ether oxygens (including phenoxy) is 1. The van der Waals surface area contributed by atoms with E-state index >= 15 is 0 Å². The van der Waals surface area contributed by atoms with Crippen molar-refractivity contribution in [1.82, 2.24) is 10.2 Å². The normalized spacial score (nSPS) is 19.8. The first-order valence-corrected chi connectivity index (χ1v) is 7.92. The summed E-state index contributed by atoms with van der Waals surface area (Å²) in [6, 6.07) is 8.72. The van der Waals surface area contributed by atoms with Crippen LogP contribution in [-0.4, -0.2) is 43.7 Å². The van der Waals surface area contributed by atoms with E-state index in [1.807, 2.05) is 24.3 Å². The number of rotatable bonds is 7. The quantitative estimate of drug-likeness (QED) is 0.833. The van der Waals surface area contributed by atoms with Gasteiger partial charge in [0.05, 0.1) is 0 Å². The number of nitrogens with one attached hydrogen (secondary N) is 1. The number of hydrogen-bond donors (Lipinski definition) is 1. The van der Waals surface area contributed by atoms with E-state index in [0.717, 1.165) is 36.5 Å². The monoisotopic (exact) mass is 326 g/mol. The van der Waals surface area contributed by atoms with E-state index in [-0.39, 0.29) is 0 Å². The molecule has 1 aliphatic rings. The van der Waals surface area contributed by atoms with Crippen molar-refractivity contribution >= 4 is 15.9 Å². The lowest BCUT2D eigenvalue weighted by atomic mass is 10.2. The highest BCUT2D eigenvalue weighted by Crippen LogP contribution is 2.19. The van der Waals surface area contributed by atoms with Crippen LogP contribution in [0.15, 0.2) is 28.7 Å². The Morgan fingerprint density at radius 1 is 1.47 bits per heavy atom. The van der Waals surface area contributed by atoms with Gasteiger partial charge in [-0.05, 0) is 44.1 Å². The third kappa shape index (κ3) is 4.79. The topological polar surface area (TPSA) is 24.5 Å². The molecule has 0 aromatic heterocycles. The van der Waals surface area contributed by atoms with Crippen molar-refractivity contribution in [3.8, 4) is 5.75 Å². The Labute approximate surface area is 124 Å². The molecule has 0 bridgehead atoms. The fourth-order valence-electron chi connectivity index (χ4n) is 2.57. The van der Waals surface area contributed by atoms with Gasteiger partial charge >= 0.3 is 0 Å².